The summed E-state index contributed by atoms with van der Waals surface area (Å²) in [4.78, 5) is 51.1. The van der Waals surface area contributed by atoms with Crippen LogP contribution < -0.4 is 41.6 Å². The van der Waals surface area contributed by atoms with Crippen LogP contribution in [-0.4, -0.2) is 119 Å². The molecule has 0 fully saturated rings. The molecule has 0 saturated carbocycles. The minimum atomic E-state index is -2.84. The second kappa shape index (κ2) is 25.9. The third-order valence-corrected chi connectivity index (χ3v) is 10.6. The molecular formula is C48H60BF2N9O9. The Morgan fingerprint density at radius 1 is 0.870 bits per heavy atom. The van der Waals surface area contributed by atoms with Crippen LogP contribution in [0.2, 0.25) is 0 Å². The van der Waals surface area contributed by atoms with Gasteiger partial charge in [0.25, 0.3) is 11.8 Å². The van der Waals surface area contributed by atoms with Crippen LogP contribution in [-0.2, 0) is 30.2 Å². The Hall–Kier alpha value is -7.10. The molecule has 2 aromatic heterocycles. The van der Waals surface area contributed by atoms with Crippen LogP contribution in [0.15, 0.2) is 77.6 Å². The van der Waals surface area contributed by atoms with Gasteiger partial charge in [0.1, 0.15) is 5.82 Å². The molecule has 0 atom stereocenters. The van der Waals surface area contributed by atoms with Crippen LogP contribution in [0.1, 0.15) is 70.7 Å². The van der Waals surface area contributed by atoms with Gasteiger partial charge in [-0.1, -0.05) is 12.6 Å². The number of nitrogens with two attached hydrogens (primary N) is 2. The zero-order valence-corrected chi connectivity index (χ0v) is 39.8. The second-order valence-corrected chi connectivity index (χ2v) is 15.8. The van der Waals surface area contributed by atoms with Crippen molar-refractivity contribution >= 4 is 53.9 Å². The van der Waals surface area contributed by atoms with Gasteiger partial charge < -0.3 is 60.3 Å². The van der Waals surface area contributed by atoms with Crippen molar-refractivity contribution in [3.05, 3.63) is 112 Å². The molecule has 5 rings (SSSR count). The van der Waals surface area contributed by atoms with E-state index in [1.807, 2.05) is 19.9 Å². The lowest BCUT2D eigenvalue weighted by molar-refractivity contribution is -0.123. The Balaban J connectivity index is 0.975. The average Bonchev–Trinajstić information content (AvgIpc) is 3.82. The van der Waals surface area contributed by atoms with E-state index in [9.17, 15) is 23.0 Å². The molecule has 69 heavy (non-hydrogen) atoms. The number of nitrogens with zero attached hydrogens (tertiary/aromatic N) is 4. The second-order valence-electron chi connectivity index (χ2n) is 15.8. The first kappa shape index (κ1) is 52.9. The predicted octanol–water partition coefficient (Wildman–Crippen LogP) is 5.50. The molecule has 2 aromatic carbocycles. The monoisotopic (exact) mass is 955 g/mol. The number of amides is 3. The number of anilines is 3. The van der Waals surface area contributed by atoms with Gasteiger partial charge in [-0.05, 0) is 99.7 Å². The summed E-state index contributed by atoms with van der Waals surface area (Å²) in [6.07, 6.45) is 6.00. The van der Waals surface area contributed by atoms with Crippen LogP contribution in [0.3, 0.4) is 0 Å². The van der Waals surface area contributed by atoms with Gasteiger partial charge in [-0.15, -0.1) is 0 Å². The highest BCUT2D eigenvalue weighted by Gasteiger charge is 2.31. The van der Waals surface area contributed by atoms with Gasteiger partial charge in [-0.3, -0.25) is 28.0 Å². The first-order valence-corrected chi connectivity index (χ1v) is 22.2. The fourth-order valence-electron chi connectivity index (χ4n) is 7.46. The molecule has 0 unspecified atom stereocenters. The number of aromatic nitrogens is 3. The van der Waals surface area contributed by atoms with Gasteiger partial charge in [0.15, 0.2) is 18.1 Å². The molecular weight excluding hydrogens is 895 g/mol. The van der Waals surface area contributed by atoms with Crippen LogP contribution in [0.4, 0.5) is 26.1 Å². The first-order chi connectivity index (χ1) is 33.1. The van der Waals surface area contributed by atoms with E-state index in [0.29, 0.717) is 123 Å². The molecule has 3 amide bonds. The lowest BCUT2D eigenvalue weighted by Crippen LogP contribution is -2.30. The van der Waals surface area contributed by atoms with E-state index in [-0.39, 0.29) is 47.0 Å². The SMILES string of the molecule is C=CC(=O)Nc1cc(C(=O)NCCCOCCOCCOCCCNC(=O)COc2c(OC)cc(Cc3cnc(N)nc3N)cc2OC)ccc1/C(=C1/N=C(C)C=C1C)c1c(C)cc(C)n1B(F)F. The van der Waals surface area contributed by atoms with Gasteiger partial charge in [0, 0.05) is 84.0 Å². The maximum atomic E-state index is 14.5. The third-order valence-electron chi connectivity index (χ3n) is 10.6. The maximum Gasteiger partial charge on any atom is 0.677 e. The van der Waals surface area contributed by atoms with E-state index in [2.05, 4.69) is 37.5 Å². The number of benzene rings is 2. The van der Waals surface area contributed by atoms with Crippen LogP contribution in [0.25, 0.3) is 5.57 Å². The zero-order valence-electron chi connectivity index (χ0n) is 39.8. The number of nitrogens with one attached hydrogen (secondary N) is 3. The molecule has 0 aliphatic carbocycles. The molecule has 21 heteroatoms. The van der Waals surface area contributed by atoms with Crippen LogP contribution in [0, 0.1) is 13.8 Å². The number of halogens is 2. The van der Waals surface area contributed by atoms with E-state index in [4.69, 9.17) is 39.9 Å². The number of aliphatic imine (C=N–C) groups is 1. The molecule has 0 saturated heterocycles. The number of allylic oxidation sites excluding steroid dienone is 2. The quantitative estimate of drug-likeness (QED) is 0.0283. The highest BCUT2D eigenvalue weighted by Crippen LogP contribution is 2.41. The minimum Gasteiger partial charge on any atom is -0.493 e. The number of aryl methyl sites for hydroxylation is 2. The van der Waals surface area contributed by atoms with E-state index in [1.165, 1.54) is 20.3 Å². The van der Waals surface area contributed by atoms with E-state index in [0.717, 1.165) is 21.7 Å². The van der Waals surface area contributed by atoms with Crippen molar-refractivity contribution in [3.8, 4) is 17.2 Å². The Morgan fingerprint density at radius 2 is 1.51 bits per heavy atom. The van der Waals surface area contributed by atoms with Gasteiger partial charge in [-0.25, -0.2) is 4.98 Å². The molecule has 0 bridgehead atoms. The number of ether oxygens (including phenoxy) is 6. The van der Waals surface area contributed by atoms with Gasteiger partial charge in [0.05, 0.1) is 46.3 Å². The fourth-order valence-corrected chi connectivity index (χ4v) is 7.46. The number of nitrogen functional groups attached to an aromatic ring is 2. The maximum absolute atomic E-state index is 14.5. The van der Waals surface area contributed by atoms with Crippen molar-refractivity contribution in [2.45, 2.75) is 47.0 Å². The number of hydrogen-bond acceptors (Lipinski definition) is 14. The summed E-state index contributed by atoms with van der Waals surface area (Å²) in [6.45, 7) is 13.2. The summed E-state index contributed by atoms with van der Waals surface area (Å²) in [5.41, 5.74) is 17.5. The van der Waals surface area contributed by atoms with Crippen molar-refractivity contribution in [2.75, 3.05) is 90.3 Å². The molecule has 7 N–H and O–H groups in total. The number of rotatable bonds is 27. The Kier molecular flexibility index (Phi) is 19.8. The van der Waals surface area contributed by atoms with Gasteiger partial charge in [0.2, 0.25) is 17.6 Å². The van der Waals surface area contributed by atoms with Crippen LogP contribution in [0.5, 0.6) is 17.2 Å². The average molecular weight is 956 g/mol. The van der Waals surface area contributed by atoms with Crippen molar-refractivity contribution in [1.29, 1.82) is 0 Å². The smallest absolute Gasteiger partial charge is 0.493 e. The molecule has 3 heterocycles. The van der Waals surface area contributed by atoms with Crippen molar-refractivity contribution in [2.24, 2.45) is 4.99 Å². The minimum absolute atomic E-state index is 0.0846. The third kappa shape index (κ3) is 14.7. The normalized spacial score (nSPS) is 12.8. The highest BCUT2D eigenvalue weighted by molar-refractivity contribution is 6.41. The van der Waals surface area contributed by atoms with E-state index in [1.54, 1.807) is 50.4 Å². The van der Waals surface area contributed by atoms with E-state index < -0.39 is 19.2 Å². The lowest BCUT2D eigenvalue weighted by Gasteiger charge is -2.20. The van der Waals surface area contributed by atoms with Gasteiger partial charge in [-0.2, -0.15) is 4.98 Å². The number of carbonyl (C=O) groups excluding carboxylic acids is 3. The highest BCUT2D eigenvalue weighted by atomic mass is 19.2. The summed E-state index contributed by atoms with van der Waals surface area (Å²) in [7, 11) is 0.138. The zero-order chi connectivity index (χ0) is 50.0. The lowest BCUT2D eigenvalue weighted by atomic mass is 9.92. The summed E-state index contributed by atoms with van der Waals surface area (Å²) in [5, 5.41) is 8.43. The summed E-state index contributed by atoms with van der Waals surface area (Å²) < 4.78 is 63.7. The molecule has 0 spiro atoms. The predicted molar refractivity (Wildman–Crippen MR) is 261 cm³/mol. The number of methoxy groups -OCH3 is 2. The first-order valence-electron chi connectivity index (χ1n) is 22.2. The standard InChI is InChI=1S/C48H60BF2N9O9/c1-8-40(61)58-37-26-34(11-12-36(37)42(43-29(2)21-31(4)57-43)44-30(3)22-32(5)60(44)49(50)51)47(63)55-14-10-16-67-18-20-68-19-17-66-15-9-13-54-41(62)28-69-45-38(64-6)24-33(25-39(45)65-7)23-35-27-56-48(53)59-46(35)52/h8,11-12,21-22,24-27H,1,9-10,13-20,23,28H2,2-7H3,(H,54,62)(H,55,63)(H,58,61)(H4,52,53,56,59)/b43-42-. The van der Waals surface area contributed by atoms with E-state index >= 15 is 0 Å². The molecule has 368 valence electrons. The Bertz CT molecular complexity index is 2560. The summed E-state index contributed by atoms with van der Waals surface area (Å²) >= 11 is 0. The Labute approximate surface area is 400 Å². The summed E-state index contributed by atoms with van der Waals surface area (Å²) in [6, 6.07) is 9.93. The molecule has 1 aliphatic rings. The topological polar surface area (TPSA) is 238 Å². The van der Waals surface area contributed by atoms with Crippen LogP contribution >= 0.6 is 0 Å². The summed E-state index contributed by atoms with van der Waals surface area (Å²) in [5.74, 6) is 0.133. The van der Waals surface area contributed by atoms with Crippen molar-refractivity contribution in [3.63, 3.8) is 0 Å². The van der Waals surface area contributed by atoms with Crippen molar-refractivity contribution < 1.29 is 51.4 Å². The van der Waals surface area contributed by atoms with Gasteiger partial charge >= 0.3 is 7.40 Å². The molecule has 0 radical (unpaired) electrons. The molecule has 1 aliphatic heterocycles. The fraction of sp³-hybridized carbons (Fsp3) is 0.375. The molecule has 18 nitrogen and oxygen atoms in total. The molecule has 4 aromatic rings. The largest absolute Gasteiger partial charge is 0.677 e. The Morgan fingerprint density at radius 3 is 2.09 bits per heavy atom. The van der Waals surface area contributed by atoms with Crippen molar-refractivity contribution in [1.82, 2.24) is 25.1 Å². The number of hydrogen-bond donors (Lipinski definition) is 5. The number of carbonyl (C=O) groups is 3.